The third kappa shape index (κ3) is 10.9. The summed E-state index contributed by atoms with van der Waals surface area (Å²) in [7, 11) is 0. The second kappa shape index (κ2) is 10.5. The van der Waals surface area contributed by atoms with Crippen LogP contribution in [-0.4, -0.2) is 42.8 Å². The van der Waals surface area contributed by atoms with Gasteiger partial charge in [0.05, 0.1) is 0 Å². The highest BCUT2D eigenvalue weighted by molar-refractivity contribution is 5.94. The molecule has 0 heterocycles. The molecule has 0 fully saturated rings. The van der Waals surface area contributed by atoms with Gasteiger partial charge in [-0.15, -0.1) is 0 Å². The molecule has 7 heteroatoms. The average Bonchev–Trinajstić information content (AvgIpc) is 2.28. The Kier molecular flexibility index (Phi) is 9.57. The van der Waals surface area contributed by atoms with Gasteiger partial charge in [0.2, 0.25) is 5.91 Å². The lowest BCUT2D eigenvalue weighted by atomic mass is 10.2. The lowest BCUT2D eigenvalue weighted by Gasteiger charge is -2.06. The van der Waals surface area contributed by atoms with E-state index in [9.17, 15) is 14.4 Å². The van der Waals surface area contributed by atoms with Crippen LogP contribution in [0.2, 0.25) is 0 Å². The second-order valence-corrected chi connectivity index (χ2v) is 3.60. The maximum absolute atomic E-state index is 11.2. The molecular weight excluding hydrogens is 240 g/mol. The van der Waals surface area contributed by atoms with Crippen molar-refractivity contribution in [3.63, 3.8) is 0 Å². The van der Waals surface area contributed by atoms with Crippen LogP contribution < -0.4 is 10.6 Å². The van der Waals surface area contributed by atoms with Crippen LogP contribution in [0.5, 0.6) is 0 Å². The molecule has 104 valence electrons. The number of ether oxygens (including phenoxy) is 1. The van der Waals surface area contributed by atoms with E-state index >= 15 is 0 Å². The van der Waals surface area contributed by atoms with Gasteiger partial charge >= 0.3 is 12.0 Å². The maximum atomic E-state index is 11.2. The van der Waals surface area contributed by atoms with Crippen molar-refractivity contribution in [3.8, 4) is 0 Å². The van der Waals surface area contributed by atoms with Crippen LogP contribution in [0.4, 0.5) is 4.79 Å². The Hall–Kier alpha value is -1.63. The van der Waals surface area contributed by atoms with Gasteiger partial charge in [-0.2, -0.15) is 0 Å². The summed E-state index contributed by atoms with van der Waals surface area (Å²) in [6.07, 6.45) is 0.843. The molecule has 0 radical (unpaired) electrons. The van der Waals surface area contributed by atoms with E-state index in [0.29, 0.717) is 26.2 Å². The van der Waals surface area contributed by atoms with E-state index in [0.717, 1.165) is 0 Å². The number of amides is 3. The van der Waals surface area contributed by atoms with E-state index in [2.05, 4.69) is 10.6 Å². The number of aliphatic carboxylic acids is 1. The van der Waals surface area contributed by atoms with Gasteiger partial charge in [-0.1, -0.05) is 0 Å². The molecule has 0 spiro atoms. The first kappa shape index (κ1) is 16.4. The molecule has 18 heavy (non-hydrogen) atoms. The van der Waals surface area contributed by atoms with E-state index < -0.39 is 17.9 Å². The molecule has 0 unspecified atom stereocenters. The highest BCUT2D eigenvalue weighted by Gasteiger charge is 2.07. The Labute approximate surface area is 106 Å². The Morgan fingerprint density at radius 2 is 1.89 bits per heavy atom. The summed E-state index contributed by atoms with van der Waals surface area (Å²) in [5.74, 6) is -1.43. The van der Waals surface area contributed by atoms with Crippen molar-refractivity contribution in [2.75, 3.05) is 19.8 Å². The molecule has 3 amide bonds. The Morgan fingerprint density at radius 1 is 1.17 bits per heavy atom. The zero-order valence-corrected chi connectivity index (χ0v) is 10.5. The van der Waals surface area contributed by atoms with E-state index in [4.69, 9.17) is 9.84 Å². The summed E-state index contributed by atoms with van der Waals surface area (Å²) in [6.45, 7) is 3.50. The molecule has 7 nitrogen and oxygen atoms in total. The van der Waals surface area contributed by atoms with Crippen LogP contribution >= 0.6 is 0 Å². The minimum atomic E-state index is -0.955. The predicted molar refractivity (Wildman–Crippen MR) is 64.1 cm³/mol. The number of rotatable bonds is 9. The number of hydrogen-bond acceptors (Lipinski definition) is 4. The van der Waals surface area contributed by atoms with E-state index in [1.807, 2.05) is 6.92 Å². The highest BCUT2D eigenvalue weighted by atomic mass is 16.5. The van der Waals surface area contributed by atoms with E-state index in [1.165, 1.54) is 0 Å². The number of nitrogens with one attached hydrogen (secondary N) is 2. The van der Waals surface area contributed by atoms with Crippen LogP contribution in [0.1, 0.15) is 32.6 Å². The molecule has 0 aromatic rings. The molecule has 0 aromatic carbocycles. The van der Waals surface area contributed by atoms with Gasteiger partial charge in [0.15, 0.2) is 0 Å². The van der Waals surface area contributed by atoms with Crippen LogP contribution in [0.15, 0.2) is 0 Å². The van der Waals surface area contributed by atoms with E-state index in [1.54, 1.807) is 0 Å². The molecule has 0 bridgehead atoms. The standard InChI is InChI=1S/C11H20N2O5/c1-2-18-8-4-7-12-11(17)13-9(14)5-3-6-10(15)16/h2-8H2,1H3,(H,15,16)(H2,12,13,14,17). The highest BCUT2D eigenvalue weighted by Crippen LogP contribution is 1.94. The van der Waals surface area contributed by atoms with Crippen molar-refractivity contribution in [2.24, 2.45) is 0 Å². The van der Waals surface area contributed by atoms with Crippen molar-refractivity contribution in [3.05, 3.63) is 0 Å². The lowest BCUT2D eigenvalue weighted by molar-refractivity contribution is -0.137. The Morgan fingerprint density at radius 3 is 2.50 bits per heavy atom. The molecule has 0 rings (SSSR count). The smallest absolute Gasteiger partial charge is 0.321 e. The Balaban J connectivity index is 3.49. The quantitative estimate of drug-likeness (QED) is 0.523. The maximum Gasteiger partial charge on any atom is 0.321 e. The second-order valence-electron chi connectivity index (χ2n) is 3.60. The molecule has 0 saturated carbocycles. The van der Waals surface area contributed by atoms with Crippen LogP contribution in [0, 0.1) is 0 Å². The summed E-state index contributed by atoms with van der Waals surface area (Å²) in [6, 6.07) is -0.563. The summed E-state index contributed by atoms with van der Waals surface area (Å²) < 4.78 is 5.08. The van der Waals surface area contributed by atoms with Crippen molar-refractivity contribution in [2.45, 2.75) is 32.6 Å². The number of hydrogen-bond donors (Lipinski definition) is 3. The average molecular weight is 260 g/mol. The molecular formula is C11H20N2O5. The van der Waals surface area contributed by atoms with Gasteiger partial charge in [0, 0.05) is 32.6 Å². The van der Waals surface area contributed by atoms with Gasteiger partial charge in [-0.3, -0.25) is 14.9 Å². The SMILES string of the molecule is CCOCCCNC(=O)NC(=O)CCCC(=O)O. The van der Waals surface area contributed by atoms with Gasteiger partial charge in [0.25, 0.3) is 0 Å². The first-order chi connectivity index (χ1) is 8.56. The molecule has 0 aromatic heterocycles. The fraction of sp³-hybridized carbons (Fsp3) is 0.727. The third-order valence-electron chi connectivity index (χ3n) is 2.00. The summed E-state index contributed by atoms with van der Waals surface area (Å²) in [5, 5.41) is 13.0. The fourth-order valence-electron chi connectivity index (χ4n) is 1.15. The zero-order valence-electron chi connectivity index (χ0n) is 10.5. The predicted octanol–water partition coefficient (Wildman–Crippen LogP) is 0.494. The summed E-state index contributed by atoms with van der Waals surface area (Å²) in [5.41, 5.74) is 0. The largest absolute Gasteiger partial charge is 0.481 e. The van der Waals surface area contributed by atoms with E-state index in [-0.39, 0.29) is 19.3 Å². The lowest BCUT2D eigenvalue weighted by Crippen LogP contribution is -2.40. The summed E-state index contributed by atoms with van der Waals surface area (Å²) in [4.78, 5) is 32.6. The molecule has 0 atom stereocenters. The fourth-order valence-corrected chi connectivity index (χ4v) is 1.15. The molecule has 0 aliphatic carbocycles. The van der Waals surface area contributed by atoms with Gasteiger partial charge in [-0.05, 0) is 19.8 Å². The molecule has 0 aliphatic heterocycles. The van der Waals surface area contributed by atoms with Crippen molar-refractivity contribution >= 4 is 17.9 Å². The number of carboxylic acid groups (broad SMARTS) is 1. The van der Waals surface area contributed by atoms with Crippen molar-refractivity contribution < 1.29 is 24.2 Å². The van der Waals surface area contributed by atoms with Gasteiger partial charge in [-0.25, -0.2) is 4.79 Å². The van der Waals surface area contributed by atoms with Crippen LogP contribution in [0.3, 0.4) is 0 Å². The minimum Gasteiger partial charge on any atom is -0.481 e. The minimum absolute atomic E-state index is 0.0265. The number of imide groups is 1. The van der Waals surface area contributed by atoms with Gasteiger partial charge < -0.3 is 15.2 Å². The third-order valence-corrected chi connectivity index (χ3v) is 2.00. The number of urea groups is 1. The topological polar surface area (TPSA) is 105 Å². The Bertz CT molecular complexity index is 281. The molecule has 0 aliphatic rings. The van der Waals surface area contributed by atoms with Crippen LogP contribution in [-0.2, 0) is 14.3 Å². The van der Waals surface area contributed by atoms with Crippen LogP contribution in [0.25, 0.3) is 0 Å². The normalized spacial score (nSPS) is 9.83. The molecule has 3 N–H and O–H groups in total. The number of carboxylic acids is 1. The van der Waals surface area contributed by atoms with Crippen molar-refractivity contribution in [1.29, 1.82) is 0 Å². The number of carbonyl (C=O) groups is 3. The number of carbonyl (C=O) groups excluding carboxylic acids is 2. The first-order valence-electron chi connectivity index (χ1n) is 5.93. The monoisotopic (exact) mass is 260 g/mol. The van der Waals surface area contributed by atoms with Gasteiger partial charge in [0.1, 0.15) is 0 Å². The molecule has 0 saturated heterocycles. The zero-order chi connectivity index (χ0) is 13.8. The first-order valence-corrected chi connectivity index (χ1v) is 5.93. The van der Waals surface area contributed by atoms with Crippen molar-refractivity contribution in [1.82, 2.24) is 10.6 Å². The summed E-state index contributed by atoms with van der Waals surface area (Å²) >= 11 is 0.